The maximum atomic E-state index is 4.74. The van der Waals surface area contributed by atoms with Crippen LogP contribution in [0, 0.1) is 0 Å². The summed E-state index contributed by atoms with van der Waals surface area (Å²) in [4.78, 5) is 11.3. The largest absolute Gasteiger partial charge is 0.392 e. The van der Waals surface area contributed by atoms with Crippen LogP contribution in [0.2, 0.25) is 0 Å². The zero-order chi connectivity index (χ0) is 8.97. The van der Waals surface area contributed by atoms with Gasteiger partial charge < -0.3 is 9.20 Å². The predicted octanol–water partition coefficient (Wildman–Crippen LogP) is 2.06. The molecule has 1 aromatic rings. The van der Waals surface area contributed by atoms with Crippen LogP contribution in [-0.2, 0) is 0 Å². The lowest BCUT2D eigenvalue weighted by Gasteiger charge is -1.99. The van der Waals surface area contributed by atoms with E-state index < -0.39 is 0 Å². The first kappa shape index (κ1) is 10.7. The molecule has 0 aromatic carbocycles. The molecule has 0 bridgehead atoms. The van der Waals surface area contributed by atoms with Crippen LogP contribution in [-0.4, -0.2) is 15.0 Å². The quantitative estimate of drug-likeness (QED) is 0.585. The highest BCUT2D eigenvalue weighted by molar-refractivity contribution is 14.1. The molecule has 0 amide bonds. The van der Waals surface area contributed by atoms with Crippen molar-refractivity contribution in [3.63, 3.8) is 0 Å². The van der Waals surface area contributed by atoms with Crippen molar-refractivity contribution < 1.29 is 9.20 Å². The molecule has 0 aliphatic rings. The molecule has 0 unspecified atom stereocenters. The standard InChI is InChI=1S/C3I3N3O3/c4-10-1-7-2(11-5)9-3(8-1)12-6. The minimum Gasteiger partial charge on any atom is -0.392 e. The summed E-state index contributed by atoms with van der Waals surface area (Å²) in [5.41, 5.74) is 0. The van der Waals surface area contributed by atoms with Crippen molar-refractivity contribution >= 4 is 69.0 Å². The maximum absolute atomic E-state index is 4.74. The van der Waals surface area contributed by atoms with E-state index in [9.17, 15) is 0 Å². The number of hydrogen-bond acceptors (Lipinski definition) is 6. The van der Waals surface area contributed by atoms with E-state index >= 15 is 0 Å². The Morgan fingerprint density at radius 3 is 1.08 bits per heavy atom. The average Bonchev–Trinajstić information content (AvgIpc) is 2.16. The fourth-order valence-corrected chi connectivity index (χ4v) is 1.01. The van der Waals surface area contributed by atoms with Crippen molar-refractivity contribution in [1.29, 1.82) is 0 Å². The molecule has 1 aromatic heterocycles. The third-order valence-electron chi connectivity index (χ3n) is 0.781. The SMILES string of the molecule is IOc1nc(OI)nc(OI)n1. The van der Waals surface area contributed by atoms with Crippen molar-refractivity contribution in [3.8, 4) is 18.0 Å². The van der Waals surface area contributed by atoms with E-state index in [2.05, 4.69) is 15.0 Å². The monoisotopic (exact) mass is 507 g/mol. The maximum Gasteiger partial charge on any atom is 0.335 e. The summed E-state index contributed by atoms with van der Waals surface area (Å²) in [5.74, 6) is 0. The molecule has 9 heteroatoms. The van der Waals surface area contributed by atoms with E-state index in [-0.39, 0.29) is 18.0 Å². The molecular weight excluding hydrogens is 507 g/mol. The second-order valence-corrected chi connectivity index (χ2v) is 2.74. The first-order valence-corrected chi connectivity index (χ1v) is 5.06. The highest BCUT2D eigenvalue weighted by Gasteiger charge is 2.07. The first-order valence-electron chi connectivity index (χ1n) is 2.42. The van der Waals surface area contributed by atoms with Gasteiger partial charge in [-0.1, -0.05) is 0 Å². The summed E-state index contributed by atoms with van der Waals surface area (Å²) in [6.45, 7) is 0. The third-order valence-corrected chi connectivity index (χ3v) is 1.96. The van der Waals surface area contributed by atoms with Gasteiger partial charge in [-0.3, -0.25) is 0 Å². The summed E-state index contributed by atoms with van der Waals surface area (Å²) in [5, 5.41) is 0. The minimum absolute atomic E-state index is 0.143. The molecule has 1 heterocycles. The van der Waals surface area contributed by atoms with Crippen LogP contribution in [0.5, 0.6) is 18.0 Å². The van der Waals surface area contributed by atoms with Gasteiger partial charge in [0.25, 0.3) is 0 Å². The Bertz CT molecular complexity index is 217. The molecule has 1 rings (SSSR count). The van der Waals surface area contributed by atoms with Gasteiger partial charge in [-0.2, -0.15) is 0 Å². The summed E-state index contributed by atoms with van der Waals surface area (Å²) in [7, 11) is 0. The summed E-state index contributed by atoms with van der Waals surface area (Å²) in [6.07, 6.45) is 0. The Morgan fingerprint density at radius 1 is 0.667 bits per heavy atom. The van der Waals surface area contributed by atoms with Gasteiger partial charge in [0.1, 0.15) is 0 Å². The van der Waals surface area contributed by atoms with Gasteiger partial charge in [-0.05, 0) is 0 Å². The second-order valence-electron chi connectivity index (χ2n) is 1.41. The van der Waals surface area contributed by atoms with Crippen LogP contribution in [0.25, 0.3) is 0 Å². The molecule has 0 saturated carbocycles. The fraction of sp³-hybridized carbons (Fsp3) is 0. The summed E-state index contributed by atoms with van der Waals surface area (Å²) < 4.78 is 14.2. The second kappa shape index (κ2) is 5.36. The predicted molar refractivity (Wildman–Crippen MR) is 63.8 cm³/mol. The Labute approximate surface area is 110 Å². The molecule has 0 radical (unpaired) electrons. The van der Waals surface area contributed by atoms with Crippen LogP contribution < -0.4 is 9.20 Å². The highest BCUT2D eigenvalue weighted by Crippen LogP contribution is 2.18. The van der Waals surface area contributed by atoms with Crippen LogP contribution in [0.1, 0.15) is 0 Å². The number of nitrogens with zero attached hydrogens (tertiary/aromatic N) is 3. The van der Waals surface area contributed by atoms with Gasteiger partial charge in [0.2, 0.25) is 0 Å². The van der Waals surface area contributed by atoms with Gasteiger partial charge in [0.15, 0.2) is 69.0 Å². The Morgan fingerprint density at radius 2 is 0.917 bits per heavy atom. The first-order chi connectivity index (χ1) is 5.80. The van der Waals surface area contributed by atoms with Crippen LogP contribution in [0.4, 0.5) is 0 Å². The third kappa shape index (κ3) is 2.82. The van der Waals surface area contributed by atoms with Crippen LogP contribution in [0.15, 0.2) is 0 Å². The molecule has 12 heavy (non-hydrogen) atoms. The minimum atomic E-state index is 0.143. The molecule has 66 valence electrons. The molecule has 6 nitrogen and oxygen atoms in total. The van der Waals surface area contributed by atoms with E-state index in [1.807, 2.05) is 0 Å². The van der Waals surface area contributed by atoms with Gasteiger partial charge in [0.05, 0.1) is 0 Å². The molecule has 0 N–H and O–H groups in total. The number of halogens is 3. The number of hydrogen-bond donors (Lipinski definition) is 0. The Balaban J connectivity index is 3.01. The number of aromatic nitrogens is 3. The molecular formula is C3I3N3O3. The van der Waals surface area contributed by atoms with E-state index in [0.717, 1.165) is 0 Å². The van der Waals surface area contributed by atoms with Crippen molar-refractivity contribution in [2.24, 2.45) is 0 Å². The average molecular weight is 507 g/mol. The molecule has 0 fully saturated rings. The van der Waals surface area contributed by atoms with E-state index in [4.69, 9.17) is 9.20 Å². The van der Waals surface area contributed by atoms with Crippen LogP contribution in [0.3, 0.4) is 0 Å². The smallest absolute Gasteiger partial charge is 0.335 e. The molecule has 0 atom stereocenters. The van der Waals surface area contributed by atoms with Crippen molar-refractivity contribution in [3.05, 3.63) is 0 Å². The lowest BCUT2D eigenvalue weighted by molar-refractivity contribution is 0.532. The summed E-state index contributed by atoms with van der Waals surface area (Å²) >= 11 is 4.95. The zero-order valence-electron chi connectivity index (χ0n) is 5.20. The Kier molecular flexibility index (Phi) is 4.77. The van der Waals surface area contributed by atoms with Crippen molar-refractivity contribution in [1.82, 2.24) is 15.0 Å². The van der Waals surface area contributed by atoms with E-state index in [0.29, 0.717) is 0 Å². The van der Waals surface area contributed by atoms with Gasteiger partial charge in [-0.25, -0.2) is 0 Å². The normalized spacial score (nSPS) is 9.25. The molecule has 0 spiro atoms. The molecule has 0 aliphatic carbocycles. The zero-order valence-corrected chi connectivity index (χ0v) is 11.7. The Hall–Kier alpha value is 0.600. The van der Waals surface area contributed by atoms with Crippen molar-refractivity contribution in [2.45, 2.75) is 0 Å². The van der Waals surface area contributed by atoms with E-state index in [1.165, 1.54) is 0 Å². The molecule has 0 saturated heterocycles. The lowest BCUT2D eigenvalue weighted by Crippen LogP contribution is -1.95. The topological polar surface area (TPSA) is 66.4 Å². The van der Waals surface area contributed by atoms with E-state index in [1.54, 1.807) is 69.0 Å². The van der Waals surface area contributed by atoms with Gasteiger partial charge in [0, 0.05) is 0 Å². The molecule has 0 aliphatic heterocycles. The van der Waals surface area contributed by atoms with Gasteiger partial charge >= 0.3 is 18.0 Å². The van der Waals surface area contributed by atoms with Gasteiger partial charge in [-0.15, -0.1) is 15.0 Å². The summed E-state index contributed by atoms with van der Waals surface area (Å²) in [6, 6.07) is 0.428. The fourth-order valence-electron chi connectivity index (χ4n) is 0.424. The number of rotatable bonds is 3. The van der Waals surface area contributed by atoms with Crippen molar-refractivity contribution in [2.75, 3.05) is 0 Å². The highest BCUT2D eigenvalue weighted by atomic mass is 127. The lowest BCUT2D eigenvalue weighted by atomic mass is 10.9. The van der Waals surface area contributed by atoms with Crippen LogP contribution >= 0.6 is 69.0 Å².